The summed E-state index contributed by atoms with van der Waals surface area (Å²) >= 11 is 0. The molecule has 0 spiro atoms. The van der Waals surface area contributed by atoms with Gasteiger partial charge in [0.1, 0.15) is 0 Å². The summed E-state index contributed by atoms with van der Waals surface area (Å²) in [4.78, 5) is 2.16. The number of sulfone groups is 1. The number of unbranched alkanes of at least 4 members (excludes halogenated alkanes) is 1. The number of rotatable bonds is 6. The summed E-state index contributed by atoms with van der Waals surface area (Å²) in [7, 11) is -0.782. The van der Waals surface area contributed by atoms with Gasteiger partial charge in [0.25, 0.3) is 0 Å². The fraction of sp³-hybridized carbons (Fsp3) is 0.923. The highest BCUT2D eigenvalue weighted by atomic mass is 32.2. The van der Waals surface area contributed by atoms with Gasteiger partial charge in [0.2, 0.25) is 0 Å². The Morgan fingerprint density at radius 3 is 2.56 bits per heavy atom. The maximum Gasteiger partial charge on any atom is 0.151 e. The van der Waals surface area contributed by atoms with Crippen LogP contribution in [0.3, 0.4) is 0 Å². The third-order valence-corrected chi connectivity index (χ3v) is 5.45. The maximum atomic E-state index is 11.4. The van der Waals surface area contributed by atoms with Crippen LogP contribution in [0.4, 0.5) is 0 Å². The van der Waals surface area contributed by atoms with Crippen molar-refractivity contribution in [3.63, 3.8) is 0 Å². The molecule has 104 valence electrons. The van der Waals surface area contributed by atoms with E-state index in [0.29, 0.717) is 11.5 Å². The molecule has 1 atom stereocenters. The molecule has 1 rings (SSSR count). The van der Waals surface area contributed by atoms with Gasteiger partial charge in [-0.05, 0) is 46.7 Å². The number of hydrogen-bond acceptors (Lipinski definition) is 4. The van der Waals surface area contributed by atoms with E-state index in [4.69, 9.17) is 5.26 Å². The first kappa shape index (κ1) is 15.5. The van der Waals surface area contributed by atoms with E-state index in [0.717, 1.165) is 32.2 Å². The first-order valence-corrected chi connectivity index (χ1v) is 8.40. The maximum absolute atomic E-state index is 11.4. The van der Waals surface area contributed by atoms with E-state index in [1.807, 2.05) is 20.9 Å². The summed E-state index contributed by atoms with van der Waals surface area (Å²) < 4.78 is 22.8. The minimum Gasteiger partial charge on any atom is -0.302 e. The van der Waals surface area contributed by atoms with Crippen LogP contribution < -0.4 is 0 Å². The lowest BCUT2D eigenvalue weighted by atomic mass is 9.89. The lowest BCUT2D eigenvalue weighted by molar-refractivity contribution is 0.252. The molecule has 1 heterocycles. The van der Waals surface area contributed by atoms with Gasteiger partial charge in [-0.15, -0.1) is 0 Å². The Hall–Kier alpha value is -0.600. The Bertz CT molecular complexity index is 409. The van der Waals surface area contributed by atoms with Gasteiger partial charge in [-0.25, -0.2) is 8.42 Å². The van der Waals surface area contributed by atoms with E-state index in [1.165, 1.54) is 0 Å². The Balaban J connectivity index is 2.23. The zero-order valence-corrected chi connectivity index (χ0v) is 12.5. The van der Waals surface area contributed by atoms with Crippen molar-refractivity contribution in [1.29, 1.82) is 5.26 Å². The molecule has 1 aliphatic rings. The van der Waals surface area contributed by atoms with Crippen molar-refractivity contribution in [3.05, 3.63) is 0 Å². The van der Waals surface area contributed by atoms with Crippen LogP contribution in [-0.4, -0.2) is 44.5 Å². The van der Waals surface area contributed by atoms with Gasteiger partial charge in [-0.1, -0.05) is 6.42 Å². The molecule has 5 heteroatoms. The molecule has 0 radical (unpaired) electrons. The summed E-state index contributed by atoms with van der Waals surface area (Å²) in [6.45, 7) is 4.84. The second-order valence-corrected chi connectivity index (χ2v) is 8.22. The van der Waals surface area contributed by atoms with E-state index in [1.54, 1.807) is 0 Å². The molecule has 1 saturated heterocycles. The van der Waals surface area contributed by atoms with Crippen LogP contribution in [0.2, 0.25) is 0 Å². The molecule has 1 unspecified atom stereocenters. The van der Waals surface area contributed by atoms with Crippen molar-refractivity contribution in [1.82, 2.24) is 4.90 Å². The Morgan fingerprint density at radius 1 is 1.39 bits per heavy atom. The lowest BCUT2D eigenvalue weighted by Gasteiger charge is -2.23. The third kappa shape index (κ3) is 4.95. The zero-order chi connectivity index (χ0) is 13.8. The molecule has 1 aliphatic heterocycles. The van der Waals surface area contributed by atoms with Gasteiger partial charge >= 0.3 is 0 Å². The standard InChI is InChI=1S/C13H24N2O2S/c1-13(2,11-14)7-4-5-8-15(3)12-6-9-18(16,17)10-12/h12H,4-10H2,1-3H3. The van der Waals surface area contributed by atoms with Gasteiger partial charge in [0, 0.05) is 6.04 Å². The topological polar surface area (TPSA) is 61.2 Å². The van der Waals surface area contributed by atoms with Crippen LogP contribution in [-0.2, 0) is 9.84 Å². The SMILES string of the molecule is CN(CCCCC(C)(C)C#N)C1CCS(=O)(=O)C1. The molecule has 0 aliphatic carbocycles. The highest BCUT2D eigenvalue weighted by Gasteiger charge is 2.30. The average molecular weight is 272 g/mol. The van der Waals surface area contributed by atoms with E-state index < -0.39 is 9.84 Å². The summed E-state index contributed by atoms with van der Waals surface area (Å²) in [6, 6.07) is 2.50. The molecular weight excluding hydrogens is 248 g/mol. The van der Waals surface area contributed by atoms with Gasteiger partial charge in [-0.2, -0.15) is 5.26 Å². The van der Waals surface area contributed by atoms with Crippen LogP contribution >= 0.6 is 0 Å². The summed E-state index contributed by atoms with van der Waals surface area (Å²) in [5, 5.41) is 8.91. The van der Waals surface area contributed by atoms with Crippen molar-refractivity contribution in [2.24, 2.45) is 5.41 Å². The molecule has 0 aromatic rings. The molecule has 0 aromatic carbocycles. The molecule has 1 fully saturated rings. The molecule has 18 heavy (non-hydrogen) atoms. The van der Waals surface area contributed by atoms with Crippen molar-refractivity contribution in [3.8, 4) is 6.07 Å². The van der Waals surface area contributed by atoms with E-state index in [-0.39, 0.29) is 11.5 Å². The first-order valence-electron chi connectivity index (χ1n) is 6.58. The molecule has 0 amide bonds. The largest absolute Gasteiger partial charge is 0.302 e. The van der Waals surface area contributed by atoms with Crippen LogP contribution in [0, 0.1) is 16.7 Å². The van der Waals surface area contributed by atoms with Crippen molar-refractivity contribution >= 4 is 9.84 Å². The highest BCUT2D eigenvalue weighted by molar-refractivity contribution is 7.91. The molecule has 0 aromatic heterocycles. The molecule has 0 N–H and O–H groups in total. The normalized spacial score (nSPS) is 23.2. The predicted molar refractivity (Wildman–Crippen MR) is 72.9 cm³/mol. The minimum absolute atomic E-state index is 0.193. The van der Waals surface area contributed by atoms with Crippen LogP contribution in [0.15, 0.2) is 0 Å². The van der Waals surface area contributed by atoms with Gasteiger partial charge in [0.05, 0.1) is 23.0 Å². The summed E-state index contributed by atoms with van der Waals surface area (Å²) in [5.74, 6) is 0.649. The minimum atomic E-state index is -2.78. The van der Waals surface area contributed by atoms with Crippen molar-refractivity contribution in [2.45, 2.75) is 45.6 Å². The van der Waals surface area contributed by atoms with Crippen LogP contribution in [0.1, 0.15) is 39.5 Å². The van der Waals surface area contributed by atoms with Gasteiger partial charge < -0.3 is 4.90 Å². The fourth-order valence-corrected chi connectivity index (χ4v) is 4.09. The number of nitriles is 1. The van der Waals surface area contributed by atoms with Crippen LogP contribution in [0.25, 0.3) is 0 Å². The Morgan fingerprint density at radius 2 is 2.06 bits per heavy atom. The van der Waals surface area contributed by atoms with Crippen LogP contribution in [0.5, 0.6) is 0 Å². The Labute approximate surface area is 111 Å². The monoisotopic (exact) mass is 272 g/mol. The fourth-order valence-electron chi connectivity index (χ4n) is 2.29. The lowest BCUT2D eigenvalue weighted by Crippen LogP contribution is -2.33. The molecule has 0 bridgehead atoms. The van der Waals surface area contributed by atoms with E-state index >= 15 is 0 Å². The van der Waals surface area contributed by atoms with E-state index in [2.05, 4.69) is 11.0 Å². The van der Waals surface area contributed by atoms with Gasteiger partial charge in [0.15, 0.2) is 9.84 Å². The zero-order valence-electron chi connectivity index (χ0n) is 11.6. The molecular formula is C13H24N2O2S. The number of nitrogens with zero attached hydrogens (tertiary/aromatic N) is 2. The van der Waals surface area contributed by atoms with Crippen molar-refractivity contribution in [2.75, 3.05) is 25.1 Å². The van der Waals surface area contributed by atoms with Crippen molar-refractivity contribution < 1.29 is 8.42 Å². The predicted octanol–water partition coefficient (Wildman–Crippen LogP) is 1.83. The summed E-state index contributed by atoms with van der Waals surface area (Å²) in [6.07, 6.45) is 3.71. The smallest absolute Gasteiger partial charge is 0.151 e. The quantitative estimate of drug-likeness (QED) is 0.692. The van der Waals surface area contributed by atoms with Gasteiger partial charge in [-0.3, -0.25) is 0 Å². The Kier molecular flexibility index (Phi) is 5.18. The van der Waals surface area contributed by atoms with E-state index in [9.17, 15) is 8.42 Å². The highest BCUT2D eigenvalue weighted by Crippen LogP contribution is 2.22. The first-order chi connectivity index (χ1) is 8.26. The molecule has 0 saturated carbocycles. The average Bonchev–Trinajstić information content (AvgIpc) is 2.65. The second-order valence-electron chi connectivity index (χ2n) is 5.99. The second kappa shape index (κ2) is 6.03. The molecule has 4 nitrogen and oxygen atoms in total. The summed E-state index contributed by atoms with van der Waals surface area (Å²) in [5.41, 5.74) is -0.241. The third-order valence-electron chi connectivity index (χ3n) is 3.70. The number of hydrogen-bond donors (Lipinski definition) is 0.